The Bertz CT molecular complexity index is 1280. The summed E-state index contributed by atoms with van der Waals surface area (Å²) >= 11 is 0. The van der Waals surface area contributed by atoms with E-state index in [1.54, 1.807) is 12.2 Å². The van der Waals surface area contributed by atoms with Crippen LogP contribution in [0.2, 0.25) is 0 Å². The maximum Gasteiger partial charge on any atom is 0.432 e. The summed E-state index contributed by atoms with van der Waals surface area (Å²) in [4.78, 5) is 13.1. The van der Waals surface area contributed by atoms with Crippen LogP contribution in [-0.2, 0) is 10.4 Å². The van der Waals surface area contributed by atoms with E-state index in [-0.39, 0.29) is 17.8 Å². The molecule has 2 aromatic rings. The van der Waals surface area contributed by atoms with E-state index in [0.29, 0.717) is 29.7 Å². The number of halogens is 4. The normalized spacial score (nSPS) is 15.7. The van der Waals surface area contributed by atoms with Gasteiger partial charge in [0.15, 0.2) is 0 Å². The van der Waals surface area contributed by atoms with Gasteiger partial charge in [0.1, 0.15) is 23.0 Å². The van der Waals surface area contributed by atoms with Crippen molar-refractivity contribution in [3.05, 3.63) is 89.9 Å². The molecule has 0 aromatic heterocycles. The molecule has 0 heterocycles. The molecule has 1 aliphatic carbocycles. The first-order valence-electron chi connectivity index (χ1n) is 12.9. The van der Waals surface area contributed by atoms with Gasteiger partial charge in [0.25, 0.3) is 5.91 Å². The minimum Gasteiger partial charge on any atom is -0.497 e. The van der Waals surface area contributed by atoms with Gasteiger partial charge in [-0.3, -0.25) is 10.2 Å². The molecule has 40 heavy (non-hydrogen) atoms. The van der Waals surface area contributed by atoms with Crippen molar-refractivity contribution in [1.29, 1.82) is 5.41 Å². The number of ether oxygens (including phenoxy) is 1. The fraction of sp³-hybridized carbons (Fsp3) is 0.333. The molecule has 0 spiro atoms. The molecule has 3 rings (SSSR count). The number of methoxy groups -OCH3 is 1. The third kappa shape index (κ3) is 8.81. The number of allylic oxidation sites excluding steroid dienone is 4. The number of anilines is 2. The summed E-state index contributed by atoms with van der Waals surface area (Å²) in [5.41, 5.74) is -3.44. The van der Waals surface area contributed by atoms with Gasteiger partial charge in [0.05, 0.1) is 18.4 Å². The van der Waals surface area contributed by atoms with Crippen molar-refractivity contribution < 1.29 is 32.2 Å². The van der Waals surface area contributed by atoms with Gasteiger partial charge in [0.2, 0.25) is 0 Å². The molecule has 0 aliphatic heterocycles. The van der Waals surface area contributed by atoms with Crippen LogP contribution in [0.4, 0.5) is 28.9 Å². The molecule has 4 N–H and O–H groups in total. The standard InChI is InChI=1S/C30H33F4N3O3/c1-3-4-5-6-16-29(39,17-15-20-7-8-20)21-9-14-24(31)25(18-21)37-28(38)26(19-27(35)30(32,33)34)36-22-10-12-23(40-2)13-11-22/h3-6,9-14,18-20,35-36,39H,7-8,15-17H2,1-2H3,(H,37,38)/b4-3-,6-5-,26-19-,35-27?. The number of hydrogen-bond acceptors (Lipinski definition) is 5. The average Bonchev–Trinajstić information content (AvgIpc) is 3.75. The van der Waals surface area contributed by atoms with Crippen molar-refractivity contribution in [3.63, 3.8) is 0 Å². The molecular weight excluding hydrogens is 526 g/mol. The van der Waals surface area contributed by atoms with Crippen LogP contribution in [0.25, 0.3) is 0 Å². The summed E-state index contributed by atoms with van der Waals surface area (Å²) in [6.07, 6.45) is 6.23. The molecule has 214 valence electrons. The zero-order valence-electron chi connectivity index (χ0n) is 22.3. The Morgan fingerprint density at radius 1 is 1.12 bits per heavy atom. The number of aliphatic hydroxyl groups is 1. The van der Waals surface area contributed by atoms with Crippen LogP contribution < -0.4 is 15.4 Å². The van der Waals surface area contributed by atoms with Crippen molar-refractivity contribution in [2.75, 3.05) is 17.7 Å². The third-order valence-electron chi connectivity index (χ3n) is 6.52. The fourth-order valence-electron chi connectivity index (χ4n) is 3.98. The maximum absolute atomic E-state index is 14.8. The van der Waals surface area contributed by atoms with Gasteiger partial charge in [-0.2, -0.15) is 13.2 Å². The van der Waals surface area contributed by atoms with E-state index in [1.165, 1.54) is 43.5 Å². The average molecular weight is 560 g/mol. The Morgan fingerprint density at radius 2 is 1.82 bits per heavy atom. The summed E-state index contributed by atoms with van der Waals surface area (Å²) in [6, 6.07) is 9.84. The van der Waals surface area contributed by atoms with Crippen LogP contribution in [0.1, 0.15) is 44.6 Å². The Labute approximate surface area is 230 Å². The zero-order chi connectivity index (χ0) is 29.3. The van der Waals surface area contributed by atoms with Crippen LogP contribution in [0.15, 0.2) is 78.5 Å². The highest BCUT2D eigenvalue weighted by molar-refractivity contribution is 6.11. The second kappa shape index (κ2) is 13.4. The first-order valence-corrected chi connectivity index (χ1v) is 12.9. The van der Waals surface area contributed by atoms with E-state index in [9.17, 15) is 27.5 Å². The number of nitrogens with one attached hydrogen (secondary N) is 3. The molecular formula is C30H33F4N3O3. The monoisotopic (exact) mass is 559 g/mol. The number of hydrogen-bond donors (Lipinski definition) is 4. The van der Waals surface area contributed by atoms with E-state index in [1.807, 2.05) is 19.1 Å². The van der Waals surface area contributed by atoms with Crippen molar-refractivity contribution in [1.82, 2.24) is 0 Å². The summed E-state index contributed by atoms with van der Waals surface area (Å²) in [7, 11) is 1.44. The summed E-state index contributed by atoms with van der Waals surface area (Å²) in [5.74, 6) is -0.917. The van der Waals surface area contributed by atoms with E-state index < -0.39 is 34.9 Å². The second-order valence-corrected chi connectivity index (χ2v) is 9.64. The lowest BCUT2D eigenvalue weighted by Crippen LogP contribution is -2.27. The number of alkyl halides is 3. The van der Waals surface area contributed by atoms with Gasteiger partial charge >= 0.3 is 6.18 Å². The summed E-state index contributed by atoms with van der Waals surface area (Å²) in [5, 5.41) is 23.8. The molecule has 6 nitrogen and oxygen atoms in total. The number of amides is 1. The highest BCUT2D eigenvalue weighted by Crippen LogP contribution is 2.40. The lowest BCUT2D eigenvalue weighted by atomic mass is 9.84. The number of rotatable bonds is 13. The van der Waals surface area contributed by atoms with Crippen LogP contribution in [0, 0.1) is 17.1 Å². The molecule has 0 saturated heterocycles. The van der Waals surface area contributed by atoms with Crippen molar-refractivity contribution in [2.45, 2.75) is 50.8 Å². The molecule has 1 amide bonds. The van der Waals surface area contributed by atoms with Crippen LogP contribution in [0.5, 0.6) is 5.75 Å². The van der Waals surface area contributed by atoms with E-state index >= 15 is 0 Å². The quantitative estimate of drug-likeness (QED) is 0.0900. The molecule has 1 unspecified atom stereocenters. The van der Waals surface area contributed by atoms with E-state index in [0.717, 1.165) is 25.3 Å². The lowest BCUT2D eigenvalue weighted by molar-refractivity contribution is -0.112. The predicted molar refractivity (Wildman–Crippen MR) is 148 cm³/mol. The highest BCUT2D eigenvalue weighted by Gasteiger charge is 2.34. The number of carbonyl (C=O) groups excluding carboxylic acids is 1. The van der Waals surface area contributed by atoms with Crippen LogP contribution >= 0.6 is 0 Å². The summed E-state index contributed by atoms with van der Waals surface area (Å²) in [6.45, 7) is 1.86. The van der Waals surface area contributed by atoms with Gasteiger partial charge in [-0.15, -0.1) is 0 Å². The first kappa shape index (κ1) is 30.6. The van der Waals surface area contributed by atoms with Gasteiger partial charge < -0.3 is 20.5 Å². The fourth-order valence-corrected chi connectivity index (χ4v) is 3.98. The molecule has 0 radical (unpaired) electrons. The Balaban J connectivity index is 1.90. The Hall–Kier alpha value is -3.92. The van der Waals surface area contributed by atoms with Crippen molar-refractivity contribution in [2.24, 2.45) is 5.92 Å². The second-order valence-electron chi connectivity index (χ2n) is 9.64. The molecule has 10 heteroatoms. The maximum atomic E-state index is 14.8. The van der Waals surface area contributed by atoms with Crippen LogP contribution in [-0.4, -0.2) is 30.0 Å². The minimum absolute atomic E-state index is 0.244. The predicted octanol–water partition coefficient (Wildman–Crippen LogP) is 7.25. The largest absolute Gasteiger partial charge is 0.497 e. The highest BCUT2D eigenvalue weighted by atomic mass is 19.4. The van der Waals surface area contributed by atoms with Gasteiger partial charge in [-0.1, -0.05) is 43.2 Å². The SMILES string of the molecule is C/C=C\C=C/CC(O)(CCC1CC1)c1ccc(F)c(NC(=O)/C(=C/C(=N)C(F)(F)F)Nc2ccc(OC)cc2)c1. The van der Waals surface area contributed by atoms with Crippen LogP contribution in [0.3, 0.4) is 0 Å². The number of benzene rings is 2. The van der Waals surface area contributed by atoms with Gasteiger partial charge in [-0.25, -0.2) is 4.39 Å². The molecule has 2 aromatic carbocycles. The summed E-state index contributed by atoms with van der Waals surface area (Å²) < 4.78 is 59.3. The van der Waals surface area contributed by atoms with Crippen molar-refractivity contribution in [3.8, 4) is 5.75 Å². The van der Waals surface area contributed by atoms with Crippen molar-refractivity contribution >= 4 is 23.0 Å². The molecule has 1 atom stereocenters. The Kier molecular flexibility index (Phi) is 10.3. The molecule has 0 bridgehead atoms. The Morgan fingerprint density at radius 3 is 2.42 bits per heavy atom. The minimum atomic E-state index is -5.00. The zero-order valence-corrected chi connectivity index (χ0v) is 22.3. The first-order chi connectivity index (χ1) is 18.9. The molecule has 1 saturated carbocycles. The van der Waals surface area contributed by atoms with Gasteiger partial charge in [0, 0.05) is 5.69 Å². The molecule has 1 fully saturated rings. The van der Waals surface area contributed by atoms with E-state index in [4.69, 9.17) is 10.1 Å². The number of carbonyl (C=O) groups is 1. The van der Waals surface area contributed by atoms with E-state index in [2.05, 4.69) is 10.6 Å². The van der Waals surface area contributed by atoms with Gasteiger partial charge in [-0.05, 0) is 80.1 Å². The molecule has 1 aliphatic rings. The topological polar surface area (TPSA) is 94.4 Å². The lowest BCUT2D eigenvalue weighted by Gasteiger charge is -2.28. The smallest absolute Gasteiger partial charge is 0.432 e. The third-order valence-corrected chi connectivity index (χ3v) is 6.52.